The number of halogens is 1. The number of nitrogens with zero attached hydrogens (tertiary/aromatic N) is 1. The number of fused-ring (bicyclic) bond motifs is 1. The quantitative estimate of drug-likeness (QED) is 0.642. The van der Waals surface area contributed by atoms with Crippen molar-refractivity contribution < 1.29 is 13.6 Å². The number of rotatable bonds is 5. The molecule has 1 aromatic heterocycles. The molecule has 2 aromatic carbocycles. The fourth-order valence-corrected chi connectivity index (χ4v) is 3.76. The van der Waals surface area contributed by atoms with Crippen LogP contribution in [0.1, 0.15) is 34.7 Å². The predicted molar refractivity (Wildman–Crippen MR) is 102 cm³/mol. The highest BCUT2D eigenvalue weighted by Gasteiger charge is 2.24. The Bertz CT molecular complexity index is 1030. The molecule has 0 radical (unpaired) electrons. The summed E-state index contributed by atoms with van der Waals surface area (Å²) in [6.07, 6.45) is 2.60. The van der Waals surface area contributed by atoms with E-state index in [0.29, 0.717) is 18.9 Å². The molecule has 0 amide bonds. The van der Waals surface area contributed by atoms with Gasteiger partial charge in [0, 0.05) is 31.1 Å². The van der Waals surface area contributed by atoms with E-state index in [2.05, 4.69) is 17.0 Å². The Morgan fingerprint density at radius 2 is 2.00 bits per heavy atom. The third kappa shape index (κ3) is 3.69. The van der Waals surface area contributed by atoms with Gasteiger partial charge in [-0.2, -0.15) is 0 Å². The standard InChI is InChI=1S/C22H20FNO3/c23-18-12-17(13-21-22(18)20(26)8-11-27-21)19(25)7-10-24-9-6-16(14-24)15-4-2-1-3-5-15/h1-5,8,11-13,16H,6-7,9-10,14H2. The highest BCUT2D eigenvalue weighted by Crippen LogP contribution is 2.27. The minimum absolute atomic E-state index is 0.108. The monoisotopic (exact) mass is 365 g/mol. The first-order chi connectivity index (χ1) is 13.1. The highest BCUT2D eigenvalue weighted by atomic mass is 19.1. The van der Waals surface area contributed by atoms with Gasteiger partial charge in [0.1, 0.15) is 16.8 Å². The average molecular weight is 365 g/mol. The number of likely N-dealkylation sites (tertiary alicyclic amines) is 1. The molecule has 4 rings (SSSR count). The van der Waals surface area contributed by atoms with E-state index in [1.54, 1.807) is 0 Å². The molecule has 5 heteroatoms. The molecular formula is C22H20FNO3. The third-order valence-corrected chi connectivity index (χ3v) is 5.24. The molecule has 1 aliphatic rings. The fourth-order valence-electron chi connectivity index (χ4n) is 3.76. The van der Waals surface area contributed by atoms with E-state index < -0.39 is 11.2 Å². The number of Topliss-reactive ketones (excluding diaryl/α,β-unsaturated/α-hetero) is 1. The lowest BCUT2D eigenvalue weighted by Gasteiger charge is -2.15. The number of hydrogen-bond donors (Lipinski definition) is 0. The summed E-state index contributed by atoms with van der Waals surface area (Å²) in [4.78, 5) is 26.5. The topological polar surface area (TPSA) is 50.5 Å². The zero-order valence-electron chi connectivity index (χ0n) is 14.9. The Balaban J connectivity index is 1.42. The van der Waals surface area contributed by atoms with Crippen molar-refractivity contribution in [2.24, 2.45) is 0 Å². The first-order valence-electron chi connectivity index (χ1n) is 9.13. The van der Waals surface area contributed by atoms with Gasteiger partial charge < -0.3 is 9.32 Å². The molecule has 3 aromatic rings. The van der Waals surface area contributed by atoms with Gasteiger partial charge in [-0.1, -0.05) is 30.3 Å². The summed E-state index contributed by atoms with van der Waals surface area (Å²) in [6, 6.07) is 14.2. The van der Waals surface area contributed by atoms with Crippen LogP contribution < -0.4 is 5.43 Å². The van der Waals surface area contributed by atoms with E-state index in [1.807, 2.05) is 18.2 Å². The summed E-state index contributed by atoms with van der Waals surface area (Å²) in [5.41, 5.74) is 1.24. The highest BCUT2D eigenvalue weighted by molar-refractivity contribution is 5.99. The second-order valence-corrected chi connectivity index (χ2v) is 6.99. The van der Waals surface area contributed by atoms with E-state index >= 15 is 0 Å². The van der Waals surface area contributed by atoms with Crippen LogP contribution in [-0.4, -0.2) is 30.3 Å². The molecule has 0 bridgehead atoms. The van der Waals surface area contributed by atoms with Crippen molar-refractivity contribution in [1.82, 2.24) is 4.90 Å². The molecule has 0 saturated carbocycles. The van der Waals surface area contributed by atoms with Gasteiger partial charge in [0.25, 0.3) is 0 Å². The Kier molecular flexibility index (Phi) is 4.86. The van der Waals surface area contributed by atoms with Crippen molar-refractivity contribution in [3.05, 3.63) is 82.0 Å². The molecule has 1 atom stereocenters. The summed E-state index contributed by atoms with van der Waals surface area (Å²) in [5.74, 6) is -0.366. The van der Waals surface area contributed by atoms with Gasteiger partial charge in [-0.3, -0.25) is 9.59 Å². The summed E-state index contributed by atoms with van der Waals surface area (Å²) >= 11 is 0. The van der Waals surface area contributed by atoms with Gasteiger partial charge in [0.05, 0.1) is 6.26 Å². The third-order valence-electron chi connectivity index (χ3n) is 5.24. The molecule has 138 valence electrons. The van der Waals surface area contributed by atoms with Crippen LogP contribution in [0.25, 0.3) is 11.0 Å². The average Bonchev–Trinajstić information content (AvgIpc) is 3.15. The maximum Gasteiger partial charge on any atom is 0.195 e. The molecule has 1 aliphatic heterocycles. The van der Waals surface area contributed by atoms with Crippen LogP contribution in [0.3, 0.4) is 0 Å². The van der Waals surface area contributed by atoms with E-state index in [-0.39, 0.29) is 22.3 Å². The largest absolute Gasteiger partial charge is 0.464 e. The van der Waals surface area contributed by atoms with Crippen molar-refractivity contribution in [2.45, 2.75) is 18.8 Å². The summed E-state index contributed by atoms with van der Waals surface area (Å²) in [5, 5.41) is -0.112. The van der Waals surface area contributed by atoms with E-state index in [1.165, 1.54) is 24.0 Å². The van der Waals surface area contributed by atoms with Gasteiger partial charge in [-0.15, -0.1) is 0 Å². The van der Waals surface area contributed by atoms with E-state index in [0.717, 1.165) is 25.6 Å². The zero-order chi connectivity index (χ0) is 18.8. The van der Waals surface area contributed by atoms with Gasteiger partial charge >= 0.3 is 0 Å². The normalized spacial score (nSPS) is 17.4. The number of hydrogen-bond acceptors (Lipinski definition) is 4. The van der Waals surface area contributed by atoms with Crippen molar-refractivity contribution >= 4 is 16.8 Å². The molecule has 0 spiro atoms. The summed E-state index contributed by atoms with van der Waals surface area (Å²) in [6.45, 7) is 2.52. The molecule has 1 fully saturated rings. The lowest BCUT2D eigenvalue weighted by atomic mass is 9.99. The van der Waals surface area contributed by atoms with Crippen molar-refractivity contribution in [3.63, 3.8) is 0 Å². The molecule has 1 unspecified atom stereocenters. The van der Waals surface area contributed by atoms with Gasteiger partial charge in [-0.25, -0.2) is 4.39 Å². The number of carbonyl (C=O) groups is 1. The number of benzene rings is 2. The maximum atomic E-state index is 14.2. The first-order valence-corrected chi connectivity index (χ1v) is 9.13. The second kappa shape index (κ2) is 7.45. The van der Waals surface area contributed by atoms with Crippen LogP contribution in [0.2, 0.25) is 0 Å². The second-order valence-electron chi connectivity index (χ2n) is 6.99. The Morgan fingerprint density at radius 1 is 1.19 bits per heavy atom. The van der Waals surface area contributed by atoms with Crippen molar-refractivity contribution in [3.8, 4) is 0 Å². The van der Waals surface area contributed by atoms with Crippen LogP contribution in [-0.2, 0) is 0 Å². The zero-order valence-corrected chi connectivity index (χ0v) is 14.9. The Morgan fingerprint density at radius 3 is 2.81 bits per heavy atom. The first kappa shape index (κ1) is 17.6. The molecule has 4 nitrogen and oxygen atoms in total. The van der Waals surface area contributed by atoms with Crippen LogP contribution in [0.4, 0.5) is 4.39 Å². The minimum atomic E-state index is -0.712. The van der Waals surface area contributed by atoms with Crippen molar-refractivity contribution in [2.75, 3.05) is 19.6 Å². The van der Waals surface area contributed by atoms with Crippen LogP contribution in [0.5, 0.6) is 0 Å². The molecule has 27 heavy (non-hydrogen) atoms. The Labute approximate surface area is 156 Å². The fraction of sp³-hybridized carbons (Fsp3) is 0.273. The van der Waals surface area contributed by atoms with Gasteiger partial charge in [-0.05, 0) is 36.6 Å². The Hall–Kier alpha value is -2.79. The minimum Gasteiger partial charge on any atom is -0.464 e. The van der Waals surface area contributed by atoms with Crippen LogP contribution >= 0.6 is 0 Å². The van der Waals surface area contributed by atoms with E-state index in [9.17, 15) is 14.0 Å². The lowest BCUT2D eigenvalue weighted by Crippen LogP contribution is -2.23. The number of carbonyl (C=O) groups excluding carboxylic acids is 1. The molecule has 2 heterocycles. The van der Waals surface area contributed by atoms with Crippen LogP contribution in [0, 0.1) is 5.82 Å². The summed E-state index contributed by atoms with van der Waals surface area (Å²) in [7, 11) is 0. The smallest absolute Gasteiger partial charge is 0.195 e. The van der Waals surface area contributed by atoms with Crippen LogP contribution in [0.15, 0.2) is 64.0 Å². The molecule has 1 saturated heterocycles. The van der Waals surface area contributed by atoms with Gasteiger partial charge in [0.2, 0.25) is 0 Å². The predicted octanol–water partition coefficient (Wildman–Crippen LogP) is 3.99. The summed E-state index contributed by atoms with van der Waals surface area (Å²) < 4.78 is 19.4. The molecule has 0 aliphatic carbocycles. The maximum absolute atomic E-state index is 14.2. The van der Waals surface area contributed by atoms with Crippen molar-refractivity contribution in [1.29, 1.82) is 0 Å². The number of ketones is 1. The van der Waals surface area contributed by atoms with Gasteiger partial charge in [0.15, 0.2) is 11.2 Å². The van der Waals surface area contributed by atoms with E-state index in [4.69, 9.17) is 4.42 Å². The molecule has 0 N–H and O–H groups in total. The lowest BCUT2D eigenvalue weighted by molar-refractivity contribution is 0.0968. The SMILES string of the molecule is O=C(CCN1CCC(c2ccccc2)C1)c1cc(F)c2c(=O)ccoc2c1. The molecular weight excluding hydrogens is 345 g/mol.